The minimum atomic E-state index is -0.481. The van der Waals surface area contributed by atoms with Crippen LogP contribution >= 0.6 is 0 Å². The molecule has 3 aromatic carbocycles. The van der Waals surface area contributed by atoms with Gasteiger partial charge in [0.25, 0.3) is 0 Å². The Bertz CT molecular complexity index is 756. The van der Waals surface area contributed by atoms with E-state index in [4.69, 9.17) is 5.11 Å². The summed E-state index contributed by atoms with van der Waals surface area (Å²) in [5.41, 5.74) is 1.90. The molecular formula is C30H46N2O3. The second kappa shape index (κ2) is 25.8. The van der Waals surface area contributed by atoms with Gasteiger partial charge in [0.2, 0.25) is 0 Å². The highest BCUT2D eigenvalue weighted by Gasteiger charge is 1.99. The number of aromatic nitrogens is 2. The fourth-order valence-electron chi connectivity index (χ4n) is 2.48. The van der Waals surface area contributed by atoms with E-state index in [0.29, 0.717) is 13.2 Å². The van der Waals surface area contributed by atoms with Crippen LogP contribution in [0.2, 0.25) is 0 Å². The lowest BCUT2D eigenvalue weighted by Crippen LogP contribution is -2.19. The van der Waals surface area contributed by atoms with Gasteiger partial charge in [0.1, 0.15) is 6.10 Å². The van der Waals surface area contributed by atoms with Gasteiger partial charge in [-0.1, -0.05) is 109 Å². The zero-order valence-electron chi connectivity index (χ0n) is 22.9. The first-order valence-electron chi connectivity index (χ1n) is 12.4. The van der Waals surface area contributed by atoms with Crippen molar-refractivity contribution in [1.29, 1.82) is 0 Å². The predicted octanol–water partition coefficient (Wildman–Crippen LogP) is 7.58. The standard InChI is InChI=1S/C10H8.C8H6N2.C5H12O3.C3H8.2C2H6/c1-2-6-10-8-4-3-7-9(10)5-1;1-2-4-8-7(3-1)9-5-6-10-8;1-7-3-5(6)4-8-2;1-3-2;2*1-2/h1-8H;1-6H;5-6H,3-4H2,1-2H3;3H2,1-2H3;2*1-2H3. The number of rotatable bonds is 4. The molecule has 35 heavy (non-hydrogen) atoms. The molecule has 0 aliphatic heterocycles. The van der Waals surface area contributed by atoms with Gasteiger partial charge in [-0.15, -0.1) is 0 Å². The number of hydrogen-bond acceptors (Lipinski definition) is 5. The van der Waals surface area contributed by atoms with Gasteiger partial charge < -0.3 is 14.6 Å². The third-order valence-corrected chi connectivity index (χ3v) is 3.75. The van der Waals surface area contributed by atoms with Crippen LogP contribution in [0.1, 0.15) is 48.0 Å². The Kier molecular flexibility index (Phi) is 25.2. The number of benzene rings is 3. The van der Waals surface area contributed by atoms with E-state index >= 15 is 0 Å². The first-order chi connectivity index (χ1) is 17.2. The summed E-state index contributed by atoms with van der Waals surface area (Å²) in [5, 5.41) is 11.4. The molecule has 0 spiro atoms. The van der Waals surface area contributed by atoms with Crippen molar-refractivity contribution in [3.8, 4) is 0 Å². The van der Waals surface area contributed by atoms with Crippen LogP contribution in [0.15, 0.2) is 85.2 Å². The van der Waals surface area contributed by atoms with Crippen LogP contribution in [0.4, 0.5) is 0 Å². The minimum Gasteiger partial charge on any atom is -0.388 e. The molecule has 0 atom stereocenters. The van der Waals surface area contributed by atoms with Crippen LogP contribution in [0.25, 0.3) is 21.8 Å². The minimum absolute atomic E-state index is 0.341. The Morgan fingerprint density at radius 2 is 0.914 bits per heavy atom. The number of nitrogens with zero attached hydrogens (tertiary/aromatic N) is 2. The Morgan fingerprint density at radius 3 is 1.20 bits per heavy atom. The molecule has 0 radical (unpaired) electrons. The Hall–Kier alpha value is -2.86. The van der Waals surface area contributed by atoms with E-state index in [1.165, 1.54) is 17.2 Å². The summed E-state index contributed by atoms with van der Waals surface area (Å²) in [7, 11) is 3.08. The zero-order chi connectivity index (χ0) is 26.7. The molecule has 0 amide bonds. The third-order valence-electron chi connectivity index (χ3n) is 3.75. The van der Waals surface area contributed by atoms with Gasteiger partial charge in [-0.2, -0.15) is 0 Å². The summed E-state index contributed by atoms with van der Waals surface area (Å²) < 4.78 is 9.25. The van der Waals surface area contributed by atoms with E-state index in [1.807, 2.05) is 52.0 Å². The van der Waals surface area contributed by atoms with E-state index in [0.717, 1.165) is 11.0 Å². The van der Waals surface area contributed by atoms with E-state index in [9.17, 15) is 0 Å². The molecule has 194 valence electrons. The topological polar surface area (TPSA) is 64.5 Å². The van der Waals surface area contributed by atoms with Crippen LogP contribution in [-0.4, -0.2) is 48.6 Å². The van der Waals surface area contributed by atoms with Crippen LogP contribution in [0.3, 0.4) is 0 Å². The largest absolute Gasteiger partial charge is 0.388 e. The summed E-state index contributed by atoms with van der Waals surface area (Å²) in [4.78, 5) is 8.24. The summed E-state index contributed by atoms with van der Waals surface area (Å²) in [6.45, 7) is 12.9. The number of aliphatic hydroxyl groups excluding tert-OH is 1. The average molecular weight is 483 g/mol. The lowest BCUT2D eigenvalue weighted by molar-refractivity contribution is 0.00980. The van der Waals surface area contributed by atoms with Gasteiger partial charge in [-0.3, -0.25) is 9.97 Å². The Morgan fingerprint density at radius 1 is 0.629 bits per heavy atom. The third kappa shape index (κ3) is 17.3. The monoisotopic (exact) mass is 482 g/mol. The number of para-hydroxylation sites is 2. The van der Waals surface area contributed by atoms with Crippen molar-refractivity contribution < 1.29 is 14.6 Å². The highest BCUT2D eigenvalue weighted by atomic mass is 16.5. The molecular weight excluding hydrogens is 436 g/mol. The molecule has 0 aliphatic carbocycles. The number of methoxy groups -OCH3 is 2. The first-order valence-corrected chi connectivity index (χ1v) is 12.4. The van der Waals surface area contributed by atoms with Gasteiger partial charge in [0.05, 0.1) is 24.2 Å². The van der Waals surface area contributed by atoms with Crippen molar-refractivity contribution in [3.63, 3.8) is 0 Å². The molecule has 0 bridgehead atoms. The van der Waals surface area contributed by atoms with Crippen molar-refractivity contribution in [2.24, 2.45) is 0 Å². The highest BCUT2D eigenvalue weighted by molar-refractivity contribution is 5.82. The lowest BCUT2D eigenvalue weighted by atomic mass is 10.1. The summed E-state index contributed by atoms with van der Waals surface area (Å²) >= 11 is 0. The van der Waals surface area contributed by atoms with Crippen molar-refractivity contribution in [2.45, 2.75) is 54.1 Å². The van der Waals surface area contributed by atoms with Crippen LogP contribution in [0.5, 0.6) is 0 Å². The predicted molar refractivity (Wildman–Crippen MR) is 152 cm³/mol. The maximum Gasteiger partial charge on any atom is 0.101 e. The number of hydrogen-bond donors (Lipinski definition) is 1. The SMILES string of the molecule is CC.CC.CCC.COCC(O)COC.c1ccc2ccccc2c1.c1ccc2nccnc2c1. The quantitative estimate of drug-likeness (QED) is 0.325. The van der Waals surface area contributed by atoms with Crippen LogP contribution in [-0.2, 0) is 9.47 Å². The molecule has 5 heteroatoms. The Labute approximate surface area is 213 Å². The number of aliphatic hydroxyl groups is 1. The first kappa shape index (κ1) is 34.3. The lowest BCUT2D eigenvalue weighted by Gasteiger charge is -2.05. The van der Waals surface area contributed by atoms with E-state index in [1.54, 1.807) is 26.6 Å². The van der Waals surface area contributed by atoms with Crippen molar-refractivity contribution >= 4 is 21.8 Å². The molecule has 4 aromatic rings. The molecule has 1 aromatic heterocycles. The summed E-state index contributed by atoms with van der Waals surface area (Å²) in [6, 6.07) is 24.5. The second-order valence-electron chi connectivity index (χ2n) is 6.66. The van der Waals surface area contributed by atoms with Gasteiger partial charge in [0.15, 0.2) is 0 Å². The van der Waals surface area contributed by atoms with Crippen molar-refractivity contribution in [1.82, 2.24) is 9.97 Å². The van der Waals surface area contributed by atoms with Crippen LogP contribution < -0.4 is 0 Å². The van der Waals surface area contributed by atoms with E-state index < -0.39 is 6.10 Å². The second-order valence-corrected chi connectivity index (χ2v) is 6.66. The molecule has 1 N–H and O–H groups in total. The van der Waals surface area contributed by atoms with Gasteiger partial charge in [0, 0.05) is 26.6 Å². The summed E-state index contributed by atoms with van der Waals surface area (Å²) in [5.74, 6) is 0. The fourth-order valence-corrected chi connectivity index (χ4v) is 2.48. The average Bonchev–Trinajstić information content (AvgIpc) is 2.93. The Balaban J connectivity index is 0. The van der Waals surface area contributed by atoms with Gasteiger partial charge >= 0.3 is 0 Å². The van der Waals surface area contributed by atoms with Crippen LogP contribution in [0, 0.1) is 0 Å². The molecule has 0 saturated heterocycles. The molecule has 5 nitrogen and oxygen atoms in total. The highest BCUT2D eigenvalue weighted by Crippen LogP contribution is 2.11. The van der Waals surface area contributed by atoms with Gasteiger partial charge in [-0.05, 0) is 22.9 Å². The number of fused-ring (bicyclic) bond motifs is 2. The zero-order valence-corrected chi connectivity index (χ0v) is 22.9. The normalized spacial score (nSPS) is 8.97. The molecule has 0 fully saturated rings. The number of ether oxygens (including phenoxy) is 2. The molecule has 0 aliphatic rings. The van der Waals surface area contributed by atoms with E-state index in [-0.39, 0.29) is 0 Å². The van der Waals surface area contributed by atoms with Gasteiger partial charge in [-0.25, -0.2) is 0 Å². The molecule has 1 heterocycles. The summed E-state index contributed by atoms with van der Waals surface area (Å²) in [6.07, 6.45) is 4.16. The fraction of sp³-hybridized carbons (Fsp3) is 0.400. The van der Waals surface area contributed by atoms with E-state index in [2.05, 4.69) is 81.8 Å². The molecule has 0 saturated carbocycles. The molecule has 0 unspecified atom stereocenters. The van der Waals surface area contributed by atoms with Crippen molar-refractivity contribution in [2.75, 3.05) is 27.4 Å². The smallest absolute Gasteiger partial charge is 0.101 e. The maximum atomic E-state index is 8.80. The maximum absolute atomic E-state index is 8.80. The van der Waals surface area contributed by atoms with Crippen molar-refractivity contribution in [3.05, 3.63) is 85.2 Å². The molecule has 4 rings (SSSR count).